The molecule has 7 amide bonds. The number of fused-ring (bicyclic) bond motifs is 4. The Morgan fingerprint density at radius 1 is 0.638 bits per heavy atom. The summed E-state index contributed by atoms with van der Waals surface area (Å²) in [6.45, 7) is 12.2. The Balaban J connectivity index is 0.000000208. The number of likely N-dealkylation sites (N-methyl/N-ethyl adjacent to an activating group) is 1. The van der Waals surface area contributed by atoms with Gasteiger partial charge in [-0.3, -0.25) is 33.7 Å². The molecule has 0 aliphatic carbocycles. The van der Waals surface area contributed by atoms with Crippen LogP contribution in [0.3, 0.4) is 0 Å². The summed E-state index contributed by atoms with van der Waals surface area (Å²) >= 11 is 0. The Morgan fingerprint density at radius 3 is 1.52 bits per heavy atom. The molecule has 2 aromatic rings. The first-order valence-corrected chi connectivity index (χ1v) is 24.4. The molecule has 6 aliphatic heterocycles. The van der Waals surface area contributed by atoms with Crippen LogP contribution in [0.1, 0.15) is 123 Å². The predicted octanol–water partition coefficient (Wildman–Crippen LogP) is 4.00. The minimum atomic E-state index is -0.876. The number of para-hydroxylation sites is 2. The Bertz CT molecular complexity index is 2220. The molecular formula is C50H69N7O12. The molecule has 10 atom stereocenters. The Morgan fingerprint density at radius 2 is 1.07 bits per heavy atom. The fourth-order valence-electron chi connectivity index (χ4n) is 9.49. The van der Waals surface area contributed by atoms with Crippen molar-refractivity contribution in [2.45, 2.75) is 160 Å². The molecule has 0 saturated carbocycles. The zero-order valence-corrected chi connectivity index (χ0v) is 40.8. The number of nitrogens with one attached hydrogen (secondary N) is 4. The number of carbonyl (C=O) groups is 7. The summed E-state index contributed by atoms with van der Waals surface area (Å²) in [4.78, 5) is 95.5. The van der Waals surface area contributed by atoms with Crippen molar-refractivity contribution < 1.29 is 57.2 Å². The minimum absolute atomic E-state index is 0.140. The first-order chi connectivity index (χ1) is 32.9. The van der Waals surface area contributed by atoms with Crippen LogP contribution in [0.15, 0.2) is 48.5 Å². The normalized spacial score (nSPS) is 27.0. The quantitative estimate of drug-likeness (QED) is 0.266. The van der Waals surface area contributed by atoms with E-state index >= 15 is 0 Å². The number of hydrogen-bond donors (Lipinski definition) is 4. The average molecular weight is 960 g/mol. The van der Waals surface area contributed by atoms with Gasteiger partial charge in [-0.25, -0.2) is 4.79 Å². The van der Waals surface area contributed by atoms with Crippen molar-refractivity contribution >= 4 is 41.5 Å². The van der Waals surface area contributed by atoms with Gasteiger partial charge in [-0.05, 0) is 71.9 Å². The fourth-order valence-corrected chi connectivity index (χ4v) is 9.49. The number of ether oxygens (including phenoxy) is 5. The fraction of sp³-hybridized carbons (Fsp3) is 0.620. The van der Waals surface area contributed by atoms with E-state index in [1.165, 1.54) is 16.8 Å². The molecule has 6 heterocycles. The van der Waals surface area contributed by atoms with Gasteiger partial charge in [-0.15, -0.1) is 0 Å². The van der Waals surface area contributed by atoms with E-state index in [0.717, 1.165) is 22.6 Å². The lowest BCUT2D eigenvalue weighted by atomic mass is 10.00. The van der Waals surface area contributed by atoms with E-state index in [2.05, 4.69) is 21.3 Å². The van der Waals surface area contributed by atoms with E-state index in [1.54, 1.807) is 32.6 Å². The third-order valence-corrected chi connectivity index (χ3v) is 13.7. The SMILES string of the molecule is CC[C@@H](C)C(=O)N[C@H]1CCO[C@H]2CC[C@@H](C(=O)N[C@@H]3CCOc4ccccc43)N2C1=O.C[C@@H](C(=O)N[C@H]1CCO[C@H]2CC[C@@H](C(=O)N[C@@H]3CCOc4ccccc43)N2C1=O)N(C)C(=O)OC(C)(C)C. The van der Waals surface area contributed by atoms with Crippen molar-refractivity contribution in [3.63, 3.8) is 0 Å². The van der Waals surface area contributed by atoms with Gasteiger partial charge in [0.05, 0.1) is 38.5 Å². The maximum absolute atomic E-state index is 13.6. The third kappa shape index (κ3) is 11.9. The van der Waals surface area contributed by atoms with Gasteiger partial charge in [-0.1, -0.05) is 50.2 Å². The summed E-state index contributed by atoms with van der Waals surface area (Å²) < 4.78 is 28.5. The standard InChI is InChI=1S/C27H38N4O7.C23H31N3O5/c1-16(30(5)26(35)38-27(2,3)4)23(32)29-19-13-15-37-22-11-10-20(31(22)25(19)34)24(33)28-18-12-14-36-21-9-7-6-8-17(18)21;1-3-14(2)21(27)25-17-11-13-31-20-9-8-18(26(20)23(17)29)22(28)24-16-10-12-30-19-7-5-4-6-15(16)19/h6-9,16,18-20,22H,10-15H2,1-5H3,(H,28,33)(H,29,32);4-7,14,16-18,20H,3,8-13H2,1-2H3,(H,24,28)(H,25,27)/t16-,18+,19-,20-,22-;14-,16-,17+,18+,20+/m01/s1. The van der Waals surface area contributed by atoms with Gasteiger partial charge in [0.1, 0.15) is 59.8 Å². The Kier molecular flexibility index (Phi) is 16.4. The highest BCUT2D eigenvalue weighted by Gasteiger charge is 2.48. The van der Waals surface area contributed by atoms with Crippen LogP contribution in [0.5, 0.6) is 11.5 Å². The van der Waals surface area contributed by atoms with E-state index in [4.69, 9.17) is 23.7 Å². The molecule has 19 heteroatoms. The molecule has 4 saturated heterocycles. The molecule has 0 bridgehead atoms. The van der Waals surface area contributed by atoms with Crippen LogP contribution in [0.4, 0.5) is 4.79 Å². The van der Waals surface area contributed by atoms with Crippen molar-refractivity contribution in [1.82, 2.24) is 36.0 Å². The highest BCUT2D eigenvalue weighted by molar-refractivity contribution is 5.95. The van der Waals surface area contributed by atoms with Crippen LogP contribution in [-0.2, 0) is 43.0 Å². The summed E-state index contributed by atoms with van der Waals surface area (Å²) in [5.74, 6) is -0.305. The smallest absolute Gasteiger partial charge is 0.410 e. The van der Waals surface area contributed by atoms with Crippen molar-refractivity contribution in [1.29, 1.82) is 0 Å². The highest BCUT2D eigenvalue weighted by Crippen LogP contribution is 2.36. The first-order valence-electron chi connectivity index (χ1n) is 24.4. The maximum atomic E-state index is 13.6. The van der Waals surface area contributed by atoms with E-state index in [9.17, 15) is 33.6 Å². The lowest BCUT2D eigenvalue weighted by Crippen LogP contribution is -2.57. The molecule has 0 spiro atoms. The molecule has 0 unspecified atom stereocenters. The summed E-state index contributed by atoms with van der Waals surface area (Å²) in [5.41, 5.74) is 1.16. The molecule has 6 aliphatic rings. The predicted molar refractivity (Wildman–Crippen MR) is 250 cm³/mol. The van der Waals surface area contributed by atoms with Crippen LogP contribution < -0.4 is 30.7 Å². The van der Waals surface area contributed by atoms with Crippen LogP contribution in [0.2, 0.25) is 0 Å². The van der Waals surface area contributed by atoms with E-state index in [-0.39, 0.29) is 60.6 Å². The summed E-state index contributed by atoms with van der Waals surface area (Å²) in [7, 11) is 1.47. The maximum Gasteiger partial charge on any atom is 0.410 e. The Labute approximate surface area is 404 Å². The zero-order valence-electron chi connectivity index (χ0n) is 40.8. The molecule has 4 fully saturated rings. The number of nitrogens with zero attached hydrogens (tertiary/aromatic N) is 3. The summed E-state index contributed by atoms with van der Waals surface area (Å²) in [5, 5.41) is 11.8. The molecule has 376 valence electrons. The third-order valence-electron chi connectivity index (χ3n) is 13.7. The number of amides is 7. The molecule has 0 radical (unpaired) electrons. The van der Waals surface area contributed by atoms with Crippen molar-refractivity contribution in [3.8, 4) is 11.5 Å². The van der Waals surface area contributed by atoms with Crippen molar-refractivity contribution in [3.05, 3.63) is 59.7 Å². The first kappa shape index (κ1) is 50.9. The van der Waals surface area contributed by atoms with Gasteiger partial charge in [0.25, 0.3) is 0 Å². The van der Waals surface area contributed by atoms with Gasteiger partial charge in [0.2, 0.25) is 35.4 Å². The molecule has 2 aromatic carbocycles. The molecule has 0 aromatic heterocycles. The number of benzene rings is 2. The number of rotatable bonds is 10. The van der Waals surface area contributed by atoms with Crippen LogP contribution >= 0.6 is 0 Å². The molecule has 8 rings (SSSR count). The molecular weight excluding hydrogens is 891 g/mol. The lowest BCUT2D eigenvalue weighted by Gasteiger charge is -2.33. The number of carbonyl (C=O) groups excluding carboxylic acids is 7. The second-order valence-corrected chi connectivity index (χ2v) is 19.6. The van der Waals surface area contributed by atoms with Crippen molar-refractivity contribution in [2.75, 3.05) is 33.5 Å². The second kappa shape index (κ2) is 22.2. The van der Waals surface area contributed by atoms with Crippen LogP contribution in [0, 0.1) is 5.92 Å². The largest absolute Gasteiger partial charge is 0.493 e. The van der Waals surface area contributed by atoms with Gasteiger partial charge in [0, 0.05) is 49.8 Å². The highest BCUT2D eigenvalue weighted by atomic mass is 16.6. The lowest BCUT2D eigenvalue weighted by molar-refractivity contribution is -0.149. The second-order valence-electron chi connectivity index (χ2n) is 19.6. The van der Waals surface area contributed by atoms with Gasteiger partial charge >= 0.3 is 6.09 Å². The van der Waals surface area contributed by atoms with Gasteiger partial charge < -0.3 is 54.8 Å². The van der Waals surface area contributed by atoms with E-state index in [0.29, 0.717) is 71.2 Å². The zero-order chi connectivity index (χ0) is 49.6. The monoisotopic (exact) mass is 960 g/mol. The molecule has 19 nitrogen and oxygen atoms in total. The van der Waals surface area contributed by atoms with Gasteiger partial charge in [0.15, 0.2) is 0 Å². The average Bonchev–Trinajstić information content (AvgIpc) is 3.89. The topological polar surface area (TPSA) is 223 Å². The molecule has 4 N–H and O–H groups in total. The minimum Gasteiger partial charge on any atom is -0.493 e. The van der Waals surface area contributed by atoms with Gasteiger partial charge in [-0.2, -0.15) is 0 Å². The van der Waals surface area contributed by atoms with Crippen molar-refractivity contribution in [2.24, 2.45) is 5.92 Å². The van der Waals surface area contributed by atoms with E-state index in [1.807, 2.05) is 62.4 Å². The van der Waals surface area contributed by atoms with E-state index < -0.39 is 60.3 Å². The molecule has 69 heavy (non-hydrogen) atoms. The number of hydrogen-bond acceptors (Lipinski definition) is 12. The Hall–Kier alpha value is -5.95. The summed E-state index contributed by atoms with van der Waals surface area (Å²) in [6.07, 6.45) is 3.26. The van der Waals surface area contributed by atoms with Crippen LogP contribution in [0.25, 0.3) is 0 Å². The van der Waals surface area contributed by atoms with Crippen LogP contribution in [-0.4, -0.2) is 138 Å². The summed E-state index contributed by atoms with van der Waals surface area (Å²) in [6, 6.07) is 11.2.